The van der Waals surface area contributed by atoms with Crippen LogP contribution in [0, 0.1) is 16.7 Å². The molecule has 1 N–H and O–H groups in total. The number of aliphatic hydroxyl groups is 1. The molecule has 2 atom stereocenters. The van der Waals surface area contributed by atoms with E-state index in [0.29, 0.717) is 17.9 Å². The molecule has 3 saturated carbocycles. The molecule has 0 bridgehead atoms. The lowest BCUT2D eigenvalue weighted by Crippen LogP contribution is -2.15. The summed E-state index contributed by atoms with van der Waals surface area (Å²) in [4.78, 5) is 0. The van der Waals surface area contributed by atoms with E-state index < -0.39 is 0 Å². The molecule has 2 unspecified atom stereocenters. The highest BCUT2D eigenvalue weighted by molar-refractivity contribution is 5.25. The molecule has 3 aliphatic rings. The lowest BCUT2D eigenvalue weighted by molar-refractivity contribution is 0.172. The first-order chi connectivity index (χ1) is 5.33. The van der Waals surface area contributed by atoms with E-state index in [2.05, 4.69) is 0 Å². The zero-order valence-corrected chi connectivity index (χ0v) is 6.97. The fraction of sp³-hybridized carbons (Fsp3) is 1.00. The number of aliphatic hydroxyl groups excluding tert-OH is 1. The largest absolute Gasteiger partial charge is 0.396 e. The molecule has 3 fully saturated rings. The first-order valence-electron chi connectivity index (χ1n) is 4.94. The summed E-state index contributed by atoms with van der Waals surface area (Å²) in [6, 6.07) is 0. The molecule has 1 nitrogen and oxygen atoms in total. The molecule has 2 spiro atoms. The molecule has 0 radical (unpaired) electrons. The molecule has 62 valence electrons. The van der Waals surface area contributed by atoms with Crippen molar-refractivity contribution in [3.63, 3.8) is 0 Å². The number of fused-ring (bicyclic) bond motifs is 1. The molecule has 3 rings (SSSR count). The Bertz CT molecular complexity index is 191. The van der Waals surface area contributed by atoms with Crippen LogP contribution < -0.4 is 0 Å². The quantitative estimate of drug-likeness (QED) is 0.609. The van der Waals surface area contributed by atoms with E-state index in [0.717, 1.165) is 5.41 Å². The van der Waals surface area contributed by atoms with Crippen LogP contribution in [0.5, 0.6) is 0 Å². The van der Waals surface area contributed by atoms with E-state index in [1.165, 1.54) is 38.5 Å². The molecule has 0 aromatic carbocycles. The Morgan fingerprint density at radius 2 is 2.09 bits per heavy atom. The Hall–Kier alpha value is -0.0400. The van der Waals surface area contributed by atoms with Gasteiger partial charge in [-0.2, -0.15) is 0 Å². The molecule has 0 aliphatic heterocycles. The van der Waals surface area contributed by atoms with Gasteiger partial charge in [0.1, 0.15) is 0 Å². The van der Waals surface area contributed by atoms with E-state index in [1.54, 1.807) is 0 Å². The first-order valence-corrected chi connectivity index (χ1v) is 4.94. The molecule has 0 amide bonds. The van der Waals surface area contributed by atoms with E-state index in [4.69, 9.17) is 0 Å². The highest BCUT2D eigenvalue weighted by atomic mass is 16.3. The first kappa shape index (κ1) is 6.47. The van der Waals surface area contributed by atoms with Gasteiger partial charge in [0.05, 0.1) is 0 Å². The standard InChI is InChI=1S/C10H16O/c11-6-8-2-1-3-10(8)7-9(10)4-5-9/h8,11H,1-7H2. The van der Waals surface area contributed by atoms with E-state index in [-0.39, 0.29) is 0 Å². The second-order valence-electron chi connectivity index (χ2n) is 4.88. The van der Waals surface area contributed by atoms with Crippen LogP contribution in [0.2, 0.25) is 0 Å². The molecule has 11 heavy (non-hydrogen) atoms. The fourth-order valence-electron chi connectivity index (χ4n) is 3.73. The van der Waals surface area contributed by atoms with Gasteiger partial charge < -0.3 is 5.11 Å². The summed E-state index contributed by atoms with van der Waals surface area (Å²) in [5.41, 5.74) is 1.46. The van der Waals surface area contributed by atoms with Gasteiger partial charge in [0.2, 0.25) is 0 Å². The maximum Gasteiger partial charge on any atom is 0.0464 e. The van der Waals surface area contributed by atoms with Gasteiger partial charge in [-0.25, -0.2) is 0 Å². The van der Waals surface area contributed by atoms with Crippen LogP contribution in [0.4, 0.5) is 0 Å². The summed E-state index contributed by atoms with van der Waals surface area (Å²) in [6.45, 7) is 0.460. The summed E-state index contributed by atoms with van der Waals surface area (Å²) < 4.78 is 0. The van der Waals surface area contributed by atoms with Crippen LogP contribution in [-0.4, -0.2) is 11.7 Å². The fourth-order valence-corrected chi connectivity index (χ4v) is 3.73. The van der Waals surface area contributed by atoms with Crippen molar-refractivity contribution < 1.29 is 5.11 Å². The van der Waals surface area contributed by atoms with Crippen LogP contribution in [0.15, 0.2) is 0 Å². The van der Waals surface area contributed by atoms with Gasteiger partial charge >= 0.3 is 0 Å². The van der Waals surface area contributed by atoms with Crippen LogP contribution in [0.3, 0.4) is 0 Å². The highest BCUT2D eigenvalue weighted by Gasteiger charge is 2.76. The number of hydrogen-bond acceptors (Lipinski definition) is 1. The van der Waals surface area contributed by atoms with E-state index in [9.17, 15) is 5.11 Å². The predicted molar refractivity (Wildman–Crippen MR) is 43.1 cm³/mol. The zero-order chi connectivity index (χ0) is 7.53. The van der Waals surface area contributed by atoms with Crippen LogP contribution >= 0.6 is 0 Å². The third kappa shape index (κ3) is 0.581. The Morgan fingerprint density at radius 1 is 1.27 bits per heavy atom. The second kappa shape index (κ2) is 1.66. The topological polar surface area (TPSA) is 20.2 Å². The molecule has 3 aliphatic carbocycles. The molecule has 0 heterocycles. The van der Waals surface area contributed by atoms with Crippen molar-refractivity contribution in [3.8, 4) is 0 Å². The maximum atomic E-state index is 9.20. The maximum absolute atomic E-state index is 9.20. The molecule has 0 aromatic rings. The zero-order valence-electron chi connectivity index (χ0n) is 6.97. The summed E-state index contributed by atoms with van der Waals surface area (Å²) in [7, 11) is 0. The third-order valence-electron chi connectivity index (χ3n) is 4.62. The van der Waals surface area contributed by atoms with Crippen molar-refractivity contribution in [3.05, 3.63) is 0 Å². The van der Waals surface area contributed by atoms with Gasteiger partial charge in [0.25, 0.3) is 0 Å². The van der Waals surface area contributed by atoms with Crippen LogP contribution in [0.1, 0.15) is 38.5 Å². The summed E-state index contributed by atoms with van der Waals surface area (Å²) in [5, 5.41) is 9.20. The van der Waals surface area contributed by atoms with Crippen molar-refractivity contribution in [2.24, 2.45) is 16.7 Å². The lowest BCUT2D eigenvalue weighted by Gasteiger charge is -2.16. The predicted octanol–water partition coefficient (Wildman–Crippen LogP) is 1.95. The van der Waals surface area contributed by atoms with Gasteiger partial charge in [-0.05, 0) is 48.9 Å². The lowest BCUT2D eigenvalue weighted by atomic mass is 9.90. The second-order valence-corrected chi connectivity index (χ2v) is 4.88. The minimum Gasteiger partial charge on any atom is -0.396 e. The SMILES string of the molecule is OCC1CCCC12CC21CC1. The summed E-state index contributed by atoms with van der Waals surface area (Å²) in [6.07, 6.45) is 8.53. The monoisotopic (exact) mass is 152 g/mol. The average Bonchev–Trinajstić information content (AvgIpc) is 2.83. The van der Waals surface area contributed by atoms with Gasteiger partial charge in [0, 0.05) is 6.61 Å². The third-order valence-corrected chi connectivity index (χ3v) is 4.62. The van der Waals surface area contributed by atoms with Crippen molar-refractivity contribution in [2.45, 2.75) is 38.5 Å². The van der Waals surface area contributed by atoms with Gasteiger partial charge in [-0.3, -0.25) is 0 Å². The van der Waals surface area contributed by atoms with Crippen LogP contribution in [-0.2, 0) is 0 Å². The van der Waals surface area contributed by atoms with Gasteiger partial charge in [-0.15, -0.1) is 0 Å². The minimum absolute atomic E-state index is 0.460. The Morgan fingerprint density at radius 3 is 2.64 bits per heavy atom. The Balaban J connectivity index is 1.86. The Kier molecular flexibility index (Phi) is 0.976. The highest BCUT2D eigenvalue weighted by Crippen LogP contribution is 2.84. The van der Waals surface area contributed by atoms with E-state index >= 15 is 0 Å². The molecular weight excluding hydrogens is 136 g/mol. The van der Waals surface area contributed by atoms with Crippen molar-refractivity contribution in [1.82, 2.24) is 0 Å². The minimum atomic E-state index is 0.460. The van der Waals surface area contributed by atoms with Crippen molar-refractivity contribution in [1.29, 1.82) is 0 Å². The average molecular weight is 152 g/mol. The number of rotatable bonds is 1. The van der Waals surface area contributed by atoms with Crippen molar-refractivity contribution in [2.75, 3.05) is 6.61 Å². The smallest absolute Gasteiger partial charge is 0.0464 e. The van der Waals surface area contributed by atoms with Crippen LogP contribution in [0.25, 0.3) is 0 Å². The number of hydrogen-bond donors (Lipinski definition) is 1. The summed E-state index contributed by atoms with van der Waals surface area (Å²) in [5.74, 6) is 0.685. The van der Waals surface area contributed by atoms with Gasteiger partial charge in [-0.1, -0.05) is 6.42 Å². The Labute approximate surface area is 67.8 Å². The normalized spacial score (nSPS) is 50.5. The van der Waals surface area contributed by atoms with Crippen molar-refractivity contribution >= 4 is 0 Å². The van der Waals surface area contributed by atoms with E-state index in [1.807, 2.05) is 0 Å². The molecule has 0 aromatic heterocycles. The van der Waals surface area contributed by atoms with Gasteiger partial charge in [0.15, 0.2) is 0 Å². The summed E-state index contributed by atoms with van der Waals surface area (Å²) >= 11 is 0. The molecular formula is C10H16O. The molecule has 0 saturated heterocycles. The molecule has 1 heteroatoms.